The SMILES string of the molecule is CCCNC(Cc1cc(Br)cc2c1OCC2)C1CC1C. The van der Waals surface area contributed by atoms with Gasteiger partial charge in [-0.1, -0.05) is 29.8 Å². The molecule has 1 aliphatic carbocycles. The molecule has 3 rings (SSSR count). The number of benzene rings is 1. The fraction of sp³-hybridized carbons (Fsp3) is 0.647. The monoisotopic (exact) mass is 337 g/mol. The first-order valence-corrected chi connectivity index (χ1v) is 8.65. The molecule has 1 aromatic rings. The summed E-state index contributed by atoms with van der Waals surface area (Å²) < 4.78 is 7.06. The van der Waals surface area contributed by atoms with Gasteiger partial charge in [0, 0.05) is 16.9 Å². The van der Waals surface area contributed by atoms with Gasteiger partial charge < -0.3 is 10.1 Å². The Morgan fingerprint density at radius 1 is 1.45 bits per heavy atom. The van der Waals surface area contributed by atoms with Gasteiger partial charge >= 0.3 is 0 Å². The summed E-state index contributed by atoms with van der Waals surface area (Å²) in [5.74, 6) is 2.88. The van der Waals surface area contributed by atoms with Gasteiger partial charge in [0.2, 0.25) is 0 Å². The Balaban J connectivity index is 1.78. The summed E-state index contributed by atoms with van der Waals surface area (Å²) in [5.41, 5.74) is 2.74. The van der Waals surface area contributed by atoms with Gasteiger partial charge in [-0.2, -0.15) is 0 Å². The van der Waals surface area contributed by atoms with Crippen LogP contribution in [-0.4, -0.2) is 19.2 Å². The molecule has 0 spiro atoms. The lowest BCUT2D eigenvalue weighted by atomic mass is 9.98. The highest BCUT2D eigenvalue weighted by Gasteiger charge is 2.39. The van der Waals surface area contributed by atoms with E-state index in [0.717, 1.165) is 43.6 Å². The number of nitrogens with one attached hydrogen (secondary N) is 1. The molecule has 0 saturated heterocycles. The zero-order valence-electron chi connectivity index (χ0n) is 12.4. The first kappa shape index (κ1) is 14.4. The lowest BCUT2D eigenvalue weighted by Gasteiger charge is -2.20. The van der Waals surface area contributed by atoms with Crippen molar-refractivity contribution in [1.29, 1.82) is 0 Å². The number of fused-ring (bicyclic) bond motifs is 1. The van der Waals surface area contributed by atoms with E-state index in [0.29, 0.717) is 6.04 Å². The fourth-order valence-corrected chi connectivity index (χ4v) is 3.90. The molecule has 3 atom stereocenters. The summed E-state index contributed by atoms with van der Waals surface area (Å²) in [6.45, 7) is 6.56. The van der Waals surface area contributed by atoms with Crippen molar-refractivity contribution in [2.24, 2.45) is 11.8 Å². The molecule has 1 aliphatic heterocycles. The number of ether oxygens (including phenoxy) is 1. The van der Waals surface area contributed by atoms with E-state index in [9.17, 15) is 0 Å². The molecule has 1 saturated carbocycles. The Hall–Kier alpha value is -0.540. The summed E-state index contributed by atoms with van der Waals surface area (Å²) in [6, 6.07) is 5.06. The van der Waals surface area contributed by atoms with Crippen molar-refractivity contribution in [1.82, 2.24) is 5.32 Å². The third-order valence-corrected chi connectivity index (χ3v) is 5.07. The number of rotatable bonds is 6. The van der Waals surface area contributed by atoms with Crippen LogP contribution in [-0.2, 0) is 12.8 Å². The van der Waals surface area contributed by atoms with Crippen LogP contribution >= 0.6 is 15.9 Å². The van der Waals surface area contributed by atoms with Gasteiger partial charge in [0.15, 0.2) is 0 Å². The molecule has 1 aromatic carbocycles. The molecule has 0 bridgehead atoms. The third-order valence-electron chi connectivity index (χ3n) is 4.61. The van der Waals surface area contributed by atoms with Crippen LogP contribution in [0.1, 0.15) is 37.8 Å². The average molecular weight is 338 g/mol. The number of halogens is 1. The molecule has 0 radical (unpaired) electrons. The minimum atomic E-state index is 0.604. The van der Waals surface area contributed by atoms with Crippen LogP contribution in [0.5, 0.6) is 5.75 Å². The van der Waals surface area contributed by atoms with Crippen molar-refractivity contribution in [3.05, 3.63) is 27.7 Å². The predicted octanol–water partition coefficient (Wildman–Crippen LogP) is 3.95. The number of hydrogen-bond donors (Lipinski definition) is 1. The van der Waals surface area contributed by atoms with E-state index in [4.69, 9.17) is 4.74 Å². The Labute approximate surface area is 130 Å². The Kier molecular flexibility index (Phi) is 4.37. The second kappa shape index (κ2) is 6.07. The highest BCUT2D eigenvalue weighted by Crippen LogP contribution is 2.43. The van der Waals surface area contributed by atoms with E-state index in [1.807, 2.05) is 0 Å². The first-order chi connectivity index (χ1) is 9.69. The van der Waals surface area contributed by atoms with Crippen molar-refractivity contribution in [3.63, 3.8) is 0 Å². The summed E-state index contributed by atoms with van der Waals surface area (Å²) >= 11 is 3.65. The predicted molar refractivity (Wildman–Crippen MR) is 86.4 cm³/mol. The molecule has 20 heavy (non-hydrogen) atoms. The van der Waals surface area contributed by atoms with Gasteiger partial charge in [0.25, 0.3) is 0 Å². The minimum Gasteiger partial charge on any atom is -0.493 e. The first-order valence-electron chi connectivity index (χ1n) is 7.86. The summed E-state index contributed by atoms with van der Waals surface area (Å²) in [6.07, 6.45) is 4.72. The van der Waals surface area contributed by atoms with Crippen LogP contribution in [0, 0.1) is 11.8 Å². The van der Waals surface area contributed by atoms with Gasteiger partial charge in [-0.05, 0) is 60.9 Å². The average Bonchev–Trinajstić information content (AvgIpc) is 2.95. The van der Waals surface area contributed by atoms with Crippen LogP contribution < -0.4 is 10.1 Å². The third kappa shape index (κ3) is 3.04. The Morgan fingerprint density at radius 3 is 2.95 bits per heavy atom. The van der Waals surface area contributed by atoms with Gasteiger partial charge in [0.1, 0.15) is 5.75 Å². The van der Waals surface area contributed by atoms with Crippen LogP contribution in [0.2, 0.25) is 0 Å². The zero-order chi connectivity index (χ0) is 14.1. The highest BCUT2D eigenvalue weighted by molar-refractivity contribution is 9.10. The molecular weight excluding hydrogens is 314 g/mol. The summed E-state index contributed by atoms with van der Waals surface area (Å²) in [4.78, 5) is 0. The van der Waals surface area contributed by atoms with Crippen LogP contribution in [0.4, 0.5) is 0 Å². The second-order valence-corrected chi connectivity index (χ2v) is 7.21. The van der Waals surface area contributed by atoms with Crippen molar-refractivity contribution in [2.75, 3.05) is 13.2 Å². The molecule has 110 valence electrons. The largest absolute Gasteiger partial charge is 0.493 e. The summed E-state index contributed by atoms with van der Waals surface area (Å²) in [7, 11) is 0. The number of hydrogen-bond acceptors (Lipinski definition) is 2. The molecule has 2 nitrogen and oxygen atoms in total. The maximum absolute atomic E-state index is 5.87. The van der Waals surface area contributed by atoms with Gasteiger partial charge in [0.05, 0.1) is 6.61 Å². The quantitative estimate of drug-likeness (QED) is 0.848. The standard InChI is InChI=1S/C17H24BrNO/c1-3-5-19-16(15-7-11(15)2)10-13-9-14(18)8-12-4-6-20-17(12)13/h8-9,11,15-16,19H,3-7,10H2,1-2H3. The van der Waals surface area contributed by atoms with E-state index >= 15 is 0 Å². The van der Waals surface area contributed by atoms with E-state index in [2.05, 4.69) is 47.2 Å². The van der Waals surface area contributed by atoms with E-state index in [1.54, 1.807) is 0 Å². The fourth-order valence-electron chi connectivity index (χ4n) is 3.35. The van der Waals surface area contributed by atoms with Gasteiger partial charge in [-0.15, -0.1) is 0 Å². The molecule has 2 aliphatic rings. The molecule has 3 heteroatoms. The maximum atomic E-state index is 5.87. The van der Waals surface area contributed by atoms with Gasteiger partial charge in [-0.3, -0.25) is 0 Å². The highest BCUT2D eigenvalue weighted by atomic mass is 79.9. The molecule has 0 aromatic heterocycles. The zero-order valence-corrected chi connectivity index (χ0v) is 14.0. The van der Waals surface area contributed by atoms with Crippen LogP contribution in [0.25, 0.3) is 0 Å². The van der Waals surface area contributed by atoms with E-state index in [-0.39, 0.29) is 0 Å². The molecule has 3 unspecified atom stereocenters. The van der Waals surface area contributed by atoms with Crippen molar-refractivity contribution in [2.45, 2.75) is 45.6 Å². The second-order valence-electron chi connectivity index (χ2n) is 6.29. The normalized spacial score (nSPS) is 25.1. The summed E-state index contributed by atoms with van der Waals surface area (Å²) in [5, 5.41) is 3.75. The molecule has 0 amide bonds. The van der Waals surface area contributed by atoms with Crippen LogP contribution in [0.15, 0.2) is 16.6 Å². The molecule has 1 N–H and O–H groups in total. The Bertz CT molecular complexity index is 488. The minimum absolute atomic E-state index is 0.604. The maximum Gasteiger partial charge on any atom is 0.125 e. The lowest BCUT2D eigenvalue weighted by molar-refractivity contribution is 0.349. The van der Waals surface area contributed by atoms with Gasteiger partial charge in [-0.25, -0.2) is 0 Å². The van der Waals surface area contributed by atoms with E-state index in [1.165, 1.54) is 28.4 Å². The van der Waals surface area contributed by atoms with Crippen molar-refractivity contribution < 1.29 is 4.74 Å². The Morgan fingerprint density at radius 2 is 2.25 bits per heavy atom. The van der Waals surface area contributed by atoms with Crippen molar-refractivity contribution in [3.8, 4) is 5.75 Å². The molecule has 1 heterocycles. The lowest BCUT2D eigenvalue weighted by Crippen LogP contribution is -2.34. The smallest absolute Gasteiger partial charge is 0.125 e. The van der Waals surface area contributed by atoms with E-state index < -0.39 is 0 Å². The van der Waals surface area contributed by atoms with Crippen molar-refractivity contribution >= 4 is 15.9 Å². The topological polar surface area (TPSA) is 21.3 Å². The van der Waals surface area contributed by atoms with Crippen LogP contribution in [0.3, 0.4) is 0 Å². The molecular formula is C17H24BrNO. The molecule has 1 fully saturated rings.